The summed E-state index contributed by atoms with van der Waals surface area (Å²) < 4.78 is 5.06. The zero-order valence-corrected chi connectivity index (χ0v) is 14.4. The van der Waals surface area contributed by atoms with Crippen LogP contribution in [0.4, 0.5) is 5.69 Å². The number of anilines is 1. The Hall–Kier alpha value is -3.15. The van der Waals surface area contributed by atoms with Gasteiger partial charge in [-0.3, -0.25) is 9.59 Å². The Morgan fingerprint density at radius 2 is 1.80 bits per heavy atom. The molecule has 25 heavy (non-hydrogen) atoms. The van der Waals surface area contributed by atoms with Gasteiger partial charge >= 0.3 is 11.8 Å². The smallest absolute Gasteiger partial charge is 0.329 e. The van der Waals surface area contributed by atoms with Crippen molar-refractivity contribution in [2.24, 2.45) is 5.10 Å². The molecule has 0 heterocycles. The fourth-order valence-electron chi connectivity index (χ4n) is 2.07. The summed E-state index contributed by atoms with van der Waals surface area (Å²) in [4.78, 5) is 23.6. The van der Waals surface area contributed by atoms with Gasteiger partial charge in [-0.2, -0.15) is 5.10 Å². The predicted octanol–water partition coefficient (Wildman–Crippen LogP) is 2.91. The highest BCUT2D eigenvalue weighted by Crippen LogP contribution is 2.16. The summed E-state index contributed by atoms with van der Waals surface area (Å²) in [5.41, 5.74) is 4.72. The van der Waals surface area contributed by atoms with Crippen LogP contribution in [0, 0.1) is 0 Å². The van der Waals surface area contributed by atoms with E-state index in [2.05, 4.69) is 29.7 Å². The third-order valence-electron chi connectivity index (χ3n) is 3.52. The lowest BCUT2D eigenvalue weighted by atomic mass is 10.0. The molecule has 2 aromatic rings. The molecule has 0 bridgehead atoms. The molecule has 130 valence electrons. The van der Waals surface area contributed by atoms with E-state index in [4.69, 9.17) is 4.74 Å². The second-order valence-corrected chi connectivity index (χ2v) is 5.71. The van der Waals surface area contributed by atoms with Gasteiger partial charge in [0, 0.05) is 11.8 Å². The Kier molecular flexibility index (Phi) is 6.28. The molecule has 2 amide bonds. The van der Waals surface area contributed by atoms with E-state index in [1.165, 1.54) is 18.9 Å². The zero-order valence-electron chi connectivity index (χ0n) is 14.4. The largest absolute Gasteiger partial charge is 0.497 e. The Morgan fingerprint density at radius 1 is 1.08 bits per heavy atom. The van der Waals surface area contributed by atoms with E-state index in [1.807, 2.05) is 24.3 Å². The normalized spacial score (nSPS) is 10.7. The molecule has 0 radical (unpaired) electrons. The topological polar surface area (TPSA) is 79.8 Å². The van der Waals surface area contributed by atoms with E-state index < -0.39 is 11.8 Å². The van der Waals surface area contributed by atoms with Crippen molar-refractivity contribution >= 4 is 23.7 Å². The van der Waals surface area contributed by atoms with Crippen LogP contribution in [0.15, 0.2) is 53.6 Å². The Balaban J connectivity index is 1.89. The number of benzene rings is 2. The van der Waals surface area contributed by atoms with E-state index in [1.54, 1.807) is 24.3 Å². The van der Waals surface area contributed by atoms with Gasteiger partial charge in [0.15, 0.2) is 0 Å². The molecular weight excluding hydrogens is 318 g/mol. The van der Waals surface area contributed by atoms with Crippen molar-refractivity contribution in [2.75, 3.05) is 12.4 Å². The second kappa shape index (κ2) is 8.63. The Morgan fingerprint density at radius 3 is 2.44 bits per heavy atom. The maximum atomic E-state index is 11.8. The van der Waals surface area contributed by atoms with E-state index in [0.717, 1.165) is 5.56 Å². The number of rotatable bonds is 5. The molecule has 2 aromatic carbocycles. The Bertz CT molecular complexity index is 768. The minimum Gasteiger partial charge on any atom is -0.497 e. The van der Waals surface area contributed by atoms with Gasteiger partial charge < -0.3 is 10.1 Å². The molecule has 6 heteroatoms. The van der Waals surface area contributed by atoms with Crippen LogP contribution in [-0.2, 0) is 9.59 Å². The average molecular weight is 339 g/mol. The summed E-state index contributed by atoms with van der Waals surface area (Å²) >= 11 is 0. The number of carbonyl (C=O) groups is 2. The molecule has 0 fully saturated rings. The number of hydrazone groups is 1. The van der Waals surface area contributed by atoms with Gasteiger partial charge in [0.05, 0.1) is 13.3 Å². The van der Waals surface area contributed by atoms with Crippen LogP contribution in [0.25, 0.3) is 0 Å². The van der Waals surface area contributed by atoms with Gasteiger partial charge in [-0.05, 0) is 29.2 Å². The van der Waals surface area contributed by atoms with Crippen molar-refractivity contribution in [3.05, 3.63) is 59.7 Å². The highest BCUT2D eigenvalue weighted by Gasteiger charge is 2.13. The lowest BCUT2D eigenvalue weighted by Gasteiger charge is -2.06. The van der Waals surface area contributed by atoms with Gasteiger partial charge in [0.1, 0.15) is 5.75 Å². The van der Waals surface area contributed by atoms with Gasteiger partial charge in [-0.1, -0.05) is 44.2 Å². The number of amides is 2. The monoisotopic (exact) mass is 339 g/mol. The van der Waals surface area contributed by atoms with Crippen LogP contribution < -0.4 is 15.5 Å². The van der Waals surface area contributed by atoms with Crippen molar-refractivity contribution in [3.8, 4) is 5.75 Å². The second-order valence-electron chi connectivity index (χ2n) is 5.71. The van der Waals surface area contributed by atoms with E-state index in [-0.39, 0.29) is 0 Å². The molecule has 6 nitrogen and oxygen atoms in total. The highest BCUT2D eigenvalue weighted by molar-refractivity contribution is 6.39. The highest BCUT2D eigenvalue weighted by atomic mass is 16.5. The SMILES string of the molecule is COc1cccc(NC(=O)C(=O)N/N=C/c2ccc(C(C)C)cc2)c1. The fraction of sp³-hybridized carbons (Fsp3) is 0.211. The minimum absolute atomic E-state index is 0.450. The molecule has 0 aromatic heterocycles. The van der Waals surface area contributed by atoms with E-state index in [0.29, 0.717) is 17.4 Å². The van der Waals surface area contributed by atoms with Crippen molar-refractivity contribution in [1.29, 1.82) is 0 Å². The van der Waals surface area contributed by atoms with E-state index in [9.17, 15) is 9.59 Å². The molecule has 0 unspecified atom stereocenters. The lowest BCUT2D eigenvalue weighted by molar-refractivity contribution is -0.136. The number of nitrogens with one attached hydrogen (secondary N) is 2. The predicted molar refractivity (Wildman–Crippen MR) is 97.9 cm³/mol. The average Bonchev–Trinajstić information content (AvgIpc) is 2.62. The maximum absolute atomic E-state index is 11.8. The molecule has 0 atom stereocenters. The van der Waals surface area contributed by atoms with Crippen LogP contribution >= 0.6 is 0 Å². The molecular formula is C19H21N3O3. The van der Waals surface area contributed by atoms with Crippen LogP contribution in [0.5, 0.6) is 5.75 Å². The van der Waals surface area contributed by atoms with Gasteiger partial charge in [0.2, 0.25) is 0 Å². The van der Waals surface area contributed by atoms with Crippen molar-refractivity contribution in [1.82, 2.24) is 5.43 Å². The lowest BCUT2D eigenvalue weighted by Crippen LogP contribution is -2.32. The summed E-state index contributed by atoms with van der Waals surface area (Å²) in [6.07, 6.45) is 1.49. The number of hydrogen-bond acceptors (Lipinski definition) is 4. The zero-order chi connectivity index (χ0) is 18.2. The van der Waals surface area contributed by atoms with Crippen molar-refractivity contribution in [2.45, 2.75) is 19.8 Å². The van der Waals surface area contributed by atoms with Crippen LogP contribution in [-0.4, -0.2) is 25.1 Å². The molecule has 0 aliphatic heterocycles. The third-order valence-corrected chi connectivity index (χ3v) is 3.52. The fourth-order valence-corrected chi connectivity index (χ4v) is 2.07. The number of methoxy groups -OCH3 is 1. The van der Waals surface area contributed by atoms with E-state index >= 15 is 0 Å². The summed E-state index contributed by atoms with van der Waals surface area (Å²) in [5, 5.41) is 6.28. The van der Waals surface area contributed by atoms with Crippen molar-refractivity contribution in [3.63, 3.8) is 0 Å². The molecule has 0 spiro atoms. The molecule has 2 rings (SSSR count). The standard InChI is InChI=1S/C19H21N3O3/c1-13(2)15-9-7-14(8-10-15)12-20-22-19(24)18(23)21-16-5-4-6-17(11-16)25-3/h4-13H,1-3H3,(H,21,23)(H,22,24)/b20-12+. The summed E-state index contributed by atoms with van der Waals surface area (Å²) in [6.45, 7) is 4.23. The van der Waals surface area contributed by atoms with Gasteiger partial charge in [0.25, 0.3) is 0 Å². The Labute approximate surface area is 146 Å². The first kappa shape index (κ1) is 18.2. The number of ether oxygens (including phenoxy) is 1. The summed E-state index contributed by atoms with van der Waals surface area (Å²) in [7, 11) is 1.52. The number of hydrogen-bond donors (Lipinski definition) is 2. The first-order chi connectivity index (χ1) is 12.0. The summed E-state index contributed by atoms with van der Waals surface area (Å²) in [6, 6.07) is 14.5. The minimum atomic E-state index is -0.849. The van der Waals surface area contributed by atoms with Gasteiger partial charge in [-0.25, -0.2) is 5.43 Å². The molecule has 0 aliphatic carbocycles. The third kappa shape index (κ3) is 5.46. The van der Waals surface area contributed by atoms with Crippen LogP contribution in [0.2, 0.25) is 0 Å². The number of nitrogens with zero attached hydrogens (tertiary/aromatic N) is 1. The molecule has 0 saturated carbocycles. The number of carbonyl (C=O) groups excluding carboxylic acids is 2. The molecule has 2 N–H and O–H groups in total. The molecule has 0 saturated heterocycles. The summed E-state index contributed by atoms with van der Waals surface area (Å²) in [5.74, 6) is -0.620. The molecule has 0 aliphatic rings. The van der Waals surface area contributed by atoms with Gasteiger partial charge in [-0.15, -0.1) is 0 Å². The first-order valence-electron chi connectivity index (χ1n) is 7.88. The van der Waals surface area contributed by atoms with Crippen molar-refractivity contribution < 1.29 is 14.3 Å². The van der Waals surface area contributed by atoms with Crippen LogP contribution in [0.3, 0.4) is 0 Å². The van der Waals surface area contributed by atoms with Crippen LogP contribution in [0.1, 0.15) is 30.9 Å². The maximum Gasteiger partial charge on any atom is 0.329 e. The first-order valence-corrected chi connectivity index (χ1v) is 7.88. The quantitative estimate of drug-likeness (QED) is 0.499.